The van der Waals surface area contributed by atoms with Gasteiger partial charge in [-0.3, -0.25) is 14.9 Å². The van der Waals surface area contributed by atoms with Crippen molar-refractivity contribution >= 4 is 44.8 Å². The molecule has 0 aliphatic carbocycles. The van der Waals surface area contributed by atoms with Gasteiger partial charge in [-0.15, -0.1) is 0 Å². The summed E-state index contributed by atoms with van der Waals surface area (Å²) in [5.41, 5.74) is 1.41. The molecular weight excluding hydrogens is 360 g/mol. The van der Waals surface area contributed by atoms with Crippen molar-refractivity contribution in [1.29, 1.82) is 0 Å². The highest BCUT2D eigenvalue weighted by molar-refractivity contribution is 9.10. The predicted molar refractivity (Wildman–Crippen MR) is 84.9 cm³/mol. The van der Waals surface area contributed by atoms with Crippen molar-refractivity contribution in [3.8, 4) is 0 Å². The first-order chi connectivity index (χ1) is 9.88. The van der Waals surface area contributed by atoms with Gasteiger partial charge in [-0.1, -0.05) is 17.7 Å². The number of amides is 1. The minimum atomic E-state index is -0.574. The Labute approximate surface area is 134 Å². The number of carbonyl (C=O) groups excluding carboxylic acids is 1. The van der Waals surface area contributed by atoms with E-state index in [4.69, 9.17) is 11.6 Å². The van der Waals surface area contributed by atoms with Gasteiger partial charge in [0.25, 0.3) is 11.6 Å². The van der Waals surface area contributed by atoms with Crippen LogP contribution >= 0.6 is 27.5 Å². The lowest BCUT2D eigenvalue weighted by Crippen LogP contribution is -2.13. The van der Waals surface area contributed by atoms with Crippen LogP contribution in [0.1, 0.15) is 15.9 Å². The van der Waals surface area contributed by atoms with Gasteiger partial charge < -0.3 is 5.32 Å². The summed E-state index contributed by atoms with van der Waals surface area (Å²) < 4.78 is 0.711. The third-order valence-electron chi connectivity index (χ3n) is 2.78. The number of rotatable bonds is 3. The van der Waals surface area contributed by atoms with Crippen molar-refractivity contribution in [1.82, 2.24) is 0 Å². The van der Waals surface area contributed by atoms with Gasteiger partial charge in [-0.2, -0.15) is 0 Å². The average Bonchev–Trinajstić information content (AvgIpc) is 2.43. The molecule has 0 aliphatic rings. The highest BCUT2D eigenvalue weighted by Crippen LogP contribution is 2.26. The smallest absolute Gasteiger partial charge is 0.270 e. The number of nitro groups is 1. The lowest BCUT2D eigenvalue weighted by molar-refractivity contribution is -0.384. The number of nitrogens with zero attached hydrogens (tertiary/aromatic N) is 1. The van der Waals surface area contributed by atoms with Gasteiger partial charge in [-0.25, -0.2) is 0 Å². The summed E-state index contributed by atoms with van der Waals surface area (Å²) in [5, 5.41) is 13.6. The number of carbonyl (C=O) groups is 1. The van der Waals surface area contributed by atoms with Crippen molar-refractivity contribution in [3.05, 3.63) is 67.1 Å². The average molecular weight is 370 g/mol. The predicted octanol–water partition coefficient (Wildman–Crippen LogP) is 4.57. The number of benzene rings is 2. The Morgan fingerprint density at radius 1 is 1.29 bits per heavy atom. The molecular formula is C14H10BrClN2O3. The highest BCUT2D eigenvalue weighted by atomic mass is 79.9. The summed E-state index contributed by atoms with van der Waals surface area (Å²) in [6.45, 7) is 1.89. The van der Waals surface area contributed by atoms with Crippen LogP contribution in [0.2, 0.25) is 5.02 Å². The number of hydrogen-bond acceptors (Lipinski definition) is 3. The van der Waals surface area contributed by atoms with Gasteiger partial charge in [0.15, 0.2) is 0 Å². The Morgan fingerprint density at radius 2 is 2.00 bits per heavy atom. The topological polar surface area (TPSA) is 72.2 Å². The standard InChI is InChI=1S/C14H10BrClN2O3/c1-8-2-4-11(15)13(6-8)17-14(19)10-7-9(18(20)21)3-5-12(10)16/h2-7H,1H3,(H,17,19). The Bertz CT molecular complexity index is 734. The first kappa shape index (κ1) is 15.5. The van der Waals surface area contributed by atoms with E-state index in [-0.39, 0.29) is 16.3 Å². The molecule has 0 radical (unpaired) electrons. The van der Waals surface area contributed by atoms with E-state index >= 15 is 0 Å². The Hall–Kier alpha value is -1.92. The Kier molecular flexibility index (Phi) is 4.59. The van der Waals surface area contributed by atoms with E-state index in [2.05, 4.69) is 21.2 Å². The monoisotopic (exact) mass is 368 g/mol. The fraction of sp³-hybridized carbons (Fsp3) is 0.0714. The summed E-state index contributed by atoms with van der Waals surface area (Å²) in [6.07, 6.45) is 0. The second-order valence-electron chi connectivity index (χ2n) is 4.36. The molecule has 0 spiro atoms. The molecule has 21 heavy (non-hydrogen) atoms. The van der Waals surface area contributed by atoms with Gasteiger partial charge in [0.2, 0.25) is 0 Å². The van der Waals surface area contributed by atoms with Crippen LogP contribution in [0.5, 0.6) is 0 Å². The summed E-state index contributed by atoms with van der Waals surface area (Å²) in [5.74, 6) is -0.505. The number of aryl methyl sites for hydroxylation is 1. The lowest BCUT2D eigenvalue weighted by atomic mass is 10.1. The molecule has 0 fully saturated rings. The van der Waals surface area contributed by atoms with Gasteiger partial charge in [0.1, 0.15) is 0 Å². The highest BCUT2D eigenvalue weighted by Gasteiger charge is 2.16. The number of halogens is 2. The van der Waals surface area contributed by atoms with Gasteiger partial charge in [-0.05, 0) is 46.6 Å². The molecule has 0 aliphatic heterocycles. The quantitative estimate of drug-likeness (QED) is 0.636. The zero-order chi connectivity index (χ0) is 15.6. The molecule has 108 valence electrons. The summed E-state index contributed by atoms with van der Waals surface area (Å²) >= 11 is 9.27. The molecule has 7 heteroatoms. The molecule has 0 saturated carbocycles. The van der Waals surface area contributed by atoms with Crippen LogP contribution in [-0.4, -0.2) is 10.8 Å². The molecule has 5 nitrogen and oxygen atoms in total. The molecule has 1 N–H and O–H groups in total. The zero-order valence-corrected chi connectivity index (χ0v) is 13.2. The molecule has 0 atom stereocenters. The van der Waals surface area contributed by atoms with E-state index in [0.29, 0.717) is 10.2 Å². The molecule has 0 bridgehead atoms. The zero-order valence-electron chi connectivity index (χ0n) is 10.9. The van der Waals surface area contributed by atoms with E-state index in [0.717, 1.165) is 11.6 Å². The second-order valence-corrected chi connectivity index (χ2v) is 5.62. The minimum Gasteiger partial charge on any atom is -0.321 e. The first-order valence-corrected chi connectivity index (χ1v) is 7.07. The molecule has 2 aromatic carbocycles. The molecule has 2 rings (SSSR count). The van der Waals surface area contributed by atoms with E-state index in [1.165, 1.54) is 12.1 Å². The van der Waals surface area contributed by atoms with Crippen molar-refractivity contribution in [2.45, 2.75) is 6.92 Å². The molecule has 2 aromatic rings. The van der Waals surface area contributed by atoms with E-state index < -0.39 is 10.8 Å². The number of nitro benzene ring substituents is 1. The fourth-order valence-corrected chi connectivity index (χ4v) is 2.27. The van der Waals surface area contributed by atoms with Crippen molar-refractivity contribution in [2.24, 2.45) is 0 Å². The number of hydrogen-bond donors (Lipinski definition) is 1. The second kappa shape index (κ2) is 6.24. The lowest BCUT2D eigenvalue weighted by Gasteiger charge is -2.09. The third-order valence-corrected chi connectivity index (χ3v) is 3.80. The molecule has 1 amide bonds. The summed E-state index contributed by atoms with van der Waals surface area (Å²) in [6, 6.07) is 9.22. The maximum Gasteiger partial charge on any atom is 0.270 e. The van der Waals surface area contributed by atoms with Crippen LogP contribution in [0.25, 0.3) is 0 Å². The van der Waals surface area contributed by atoms with Crippen LogP contribution in [0.4, 0.5) is 11.4 Å². The van der Waals surface area contributed by atoms with Crippen LogP contribution in [0.15, 0.2) is 40.9 Å². The minimum absolute atomic E-state index is 0.0549. The van der Waals surface area contributed by atoms with Gasteiger partial charge in [0.05, 0.1) is 21.2 Å². The first-order valence-electron chi connectivity index (χ1n) is 5.90. The van der Waals surface area contributed by atoms with Gasteiger partial charge in [0, 0.05) is 16.6 Å². The van der Waals surface area contributed by atoms with Crippen LogP contribution in [0, 0.1) is 17.0 Å². The SMILES string of the molecule is Cc1ccc(Br)c(NC(=O)c2cc([N+](=O)[O-])ccc2Cl)c1. The number of non-ortho nitro benzene ring substituents is 1. The molecule has 0 saturated heterocycles. The summed E-state index contributed by atoms with van der Waals surface area (Å²) in [7, 11) is 0. The number of nitrogens with one attached hydrogen (secondary N) is 1. The normalized spacial score (nSPS) is 10.2. The van der Waals surface area contributed by atoms with Crippen LogP contribution in [0.3, 0.4) is 0 Å². The van der Waals surface area contributed by atoms with Crippen molar-refractivity contribution < 1.29 is 9.72 Å². The maximum absolute atomic E-state index is 12.2. The van der Waals surface area contributed by atoms with Gasteiger partial charge >= 0.3 is 0 Å². The maximum atomic E-state index is 12.2. The van der Waals surface area contributed by atoms with E-state index in [9.17, 15) is 14.9 Å². The van der Waals surface area contributed by atoms with Crippen LogP contribution < -0.4 is 5.32 Å². The summed E-state index contributed by atoms with van der Waals surface area (Å²) in [4.78, 5) is 22.4. The Morgan fingerprint density at radius 3 is 2.67 bits per heavy atom. The third kappa shape index (κ3) is 3.59. The molecule has 0 unspecified atom stereocenters. The van der Waals surface area contributed by atoms with Crippen molar-refractivity contribution in [3.63, 3.8) is 0 Å². The Balaban J connectivity index is 2.34. The molecule has 0 aromatic heterocycles. The van der Waals surface area contributed by atoms with Crippen LogP contribution in [-0.2, 0) is 0 Å². The largest absolute Gasteiger partial charge is 0.321 e. The van der Waals surface area contributed by atoms with E-state index in [1.54, 1.807) is 12.1 Å². The van der Waals surface area contributed by atoms with Crippen molar-refractivity contribution in [2.75, 3.05) is 5.32 Å². The fourth-order valence-electron chi connectivity index (χ4n) is 1.73. The number of anilines is 1. The van der Waals surface area contributed by atoms with E-state index in [1.807, 2.05) is 13.0 Å². The molecule has 0 heterocycles.